The van der Waals surface area contributed by atoms with Crippen LogP contribution in [0, 0.1) is 5.82 Å². The molecule has 1 rings (SSSR count). The van der Waals surface area contributed by atoms with Gasteiger partial charge in [-0.1, -0.05) is 12.1 Å². The summed E-state index contributed by atoms with van der Waals surface area (Å²) >= 11 is 1.24. The van der Waals surface area contributed by atoms with Gasteiger partial charge in [0.15, 0.2) is 6.29 Å². The molecule has 11 heavy (non-hydrogen) atoms. The molecule has 58 valence electrons. The highest BCUT2D eigenvalue weighted by atomic mass is 32.2. The van der Waals surface area contributed by atoms with Crippen molar-refractivity contribution < 1.29 is 9.18 Å². The summed E-state index contributed by atoms with van der Waals surface area (Å²) in [4.78, 5) is 10.8. The molecule has 0 aliphatic rings. The van der Waals surface area contributed by atoms with Gasteiger partial charge < -0.3 is 0 Å². The van der Waals surface area contributed by atoms with E-state index in [1.54, 1.807) is 12.3 Å². The van der Waals surface area contributed by atoms with E-state index in [1.807, 2.05) is 0 Å². The summed E-state index contributed by atoms with van der Waals surface area (Å²) in [6, 6.07) is 4.47. The molecule has 0 saturated carbocycles. The van der Waals surface area contributed by atoms with Gasteiger partial charge in [0.05, 0.1) is 4.90 Å². The monoisotopic (exact) mass is 170 g/mol. The normalized spacial score (nSPS) is 9.64. The Hall–Kier alpha value is -0.830. The lowest BCUT2D eigenvalue weighted by Gasteiger charge is -2.00. The fraction of sp³-hybridized carbons (Fsp3) is 0.125. The molecule has 0 unspecified atom stereocenters. The van der Waals surface area contributed by atoms with Crippen LogP contribution < -0.4 is 0 Å². The Bertz CT molecular complexity index is 273. The predicted octanol–water partition coefficient (Wildman–Crippen LogP) is 2.36. The van der Waals surface area contributed by atoms with E-state index < -0.39 is 0 Å². The summed E-state index contributed by atoms with van der Waals surface area (Å²) < 4.78 is 12.9. The van der Waals surface area contributed by atoms with Gasteiger partial charge in [-0.15, -0.1) is 11.8 Å². The van der Waals surface area contributed by atoms with Crippen LogP contribution >= 0.6 is 11.8 Å². The largest absolute Gasteiger partial charge is 0.298 e. The van der Waals surface area contributed by atoms with Crippen molar-refractivity contribution in [1.29, 1.82) is 0 Å². The maximum absolute atomic E-state index is 12.9. The van der Waals surface area contributed by atoms with Crippen molar-refractivity contribution in [3.63, 3.8) is 0 Å². The van der Waals surface area contributed by atoms with Gasteiger partial charge in [-0.05, 0) is 12.3 Å². The number of halogens is 1. The SMILES string of the molecule is CSc1c(F)cccc1C=O. The van der Waals surface area contributed by atoms with E-state index in [0.717, 1.165) is 0 Å². The molecule has 0 aromatic heterocycles. The Morgan fingerprint density at radius 1 is 1.55 bits per heavy atom. The molecular weight excluding hydrogens is 163 g/mol. The highest BCUT2D eigenvalue weighted by molar-refractivity contribution is 7.98. The lowest BCUT2D eigenvalue weighted by atomic mass is 10.2. The van der Waals surface area contributed by atoms with Gasteiger partial charge in [-0.25, -0.2) is 4.39 Å². The molecule has 3 heteroatoms. The first-order chi connectivity index (χ1) is 5.29. The molecule has 0 fully saturated rings. The lowest BCUT2D eigenvalue weighted by Crippen LogP contribution is -1.87. The number of aldehydes is 1. The van der Waals surface area contributed by atoms with Crippen LogP contribution in [0.1, 0.15) is 10.4 Å². The topological polar surface area (TPSA) is 17.1 Å². The fourth-order valence-corrected chi connectivity index (χ4v) is 1.45. The maximum atomic E-state index is 12.9. The molecule has 1 aromatic rings. The Morgan fingerprint density at radius 2 is 2.27 bits per heavy atom. The van der Waals surface area contributed by atoms with Crippen LogP contribution in [0.2, 0.25) is 0 Å². The van der Waals surface area contributed by atoms with Crippen molar-refractivity contribution in [2.75, 3.05) is 6.26 Å². The third-order valence-corrected chi connectivity index (χ3v) is 2.17. The minimum Gasteiger partial charge on any atom is -0.298 e. The van der Waals surface area contributed by atoms with Crippen molar-refractivity contribution in [3.05, 3.63) is 29.6 Å². The van der Waals surface area contributed by atoms with E-state index in [1.165, 1.54) is 23.9 Å². The second kappa shape index (κ2) is 3.53. The Kier molecular flexibility index (Phi) is 2.65. The van der Waals surface area contributed by atoms with Gasteiger partial charge in [0.1, 0.15) is 5.82 Å². The van der Waals surface area contributed by atoms with Crippen molar-refractivity contribution in [3.8, 4) is 0 Å². The number of hydrogen-bond acceptors (Lipinski definition) is 2. The first-order valence-corrected chi connectivity index (χ1v) is 4.29. The summed E-state index contributed by atoms with van der Waals surface area (Å²) in [5, 5.41) is 0. The summed E-state index contributed by atoms with van der Waals surface area (Å²) in [5.41, 5.74) is 0.414. The molecule has 0 heterocycles. The maximum Gasteiger partial charge on any atom is 0.151 e. The van der Waals surface area contributed by atoms with Crippen LogP contribution in [0.3, 0.4) is 0 Å². The molecule has 0 spiro atoms. The predicted molar refractivity (Wildman–Crippen MR) is 43.6 cm³/mol. The Balaban J connectivity index is 3.23. The highest BCUT2D eigenvalue weighted by Crippen LogP contribution is 2.21. The van der Waals surface area contributed by atoms with Gasteiger partial charge >= 0.3 is 0 Å². The first-order valence-electron chi connectivity index (χ1n) is 3.07. The zero-order valence-electron chi connectivity index (χ0n) is 6.00. The Labute approximate surface area is 68.6 Å². The van der Waals surface area contributed by atoms with Crippen LogP contribution in [0.4, 0.5) is 4.39 Å². The zero-order chi connectivity index (χ0) is 8.27. The van der Waals surface area contributed by atoms with Crippen molar-refractivity contribution in [2.24, 2.45) is 0 Å². The van der Waals surface area contributed by atoms with Crippen molar-refractivity contribution in [2.45, 2.75) is 4.90 Å². The van der Waals surface area contributed by atoms with Gasteiger partial charge in [0.25, 0.3) is 0 Å². The van der Waals surface area contributed by atoms with Gasteiger partial charge in [0.2, 0.25) is 0 Å². The first kappa shape index (κ1) is 8.27. The van der Waals surface area contributed by atoms with E-state index >= 15 is 0 Å². The molecule has 1 nitrogen and oxygen atoms in total. The van der Waals surface area contributed by atoms with Gasteiger partial charge in [-0.3, -0.25) is 4.79 Å². The minimum atomic E-state index is -0.331. The average Bonchev–Trinajstić information content (AvgIpc) is 2.04. The molecular formula is C8H7FOS. The van der Waals surface area contributed by atoms with E-state index in [0.29, 0.717) is 16.7 Å². The van der Waals surface area contributed by atoms with Crippen LogP contribution in [-0.4, -0.2) is 12.5 Å². The molecule has 0 atom stereocenters. The number of carbonyl (C=O) groups is 1. The molecule has 0 radical (unpaired) electrons. The molecule has 0 aliphatic carbocycles. The van der Waals surface area contributed by atoms with E-state index in [-0.39, 0.29) is 5.82 Å². The lowest BCUT2D eigenvalue weighted by molar-refractivity contribution is 0.112. The number of rotatable bonds is 2. The average molecular weight is 170 g/mol. The molecule has 0 N–H and O–H groups in total. The van der Waals surface area contributed by atoms with Crippen LogP contribution in [0.5, 0.6) is 0 Å². The summed E-state index contributed by atoms with van der Waals surface area (Å²) in [6.45, 7) is 0. The number of hydrogen-bond donors (Lipinski definition) is 0. The van der Waals surface area contributed by atoms with Crippen molar-refractivity contribution in [1.82, 2.24) is 0 Å². The number of carbonyl (C=O) groups excluding carboxylic acids is 1. The van der Waals surface area contributed by atoms with Crippen LogP contribution in [-0.2, 0) is 0 Å². The molecule has 0 bridgehead atoms. The smallest absolute Gasteiger partial charge is 0.151 e. The Morgan fingerprint density at radius 3 is 2.73 bits per heavy atom. The highest BCUT2D eigenvalue weighted by Gasteiger charge is 2.04. The second-order valence-electron chi connectivity index (χ2n) is 1.98. The number of thioether (sulfide) groups is 1. The summed E-state index contributed by atoms with van der Waals surface area (Å²) in [5.74, 6) is -0.331. The van der Waals surface area contributed by atoms with E-state index in [9.17, 15) is 9.18 Å². The molecule has 0 saturated heterocycles. The molecule has 0 amide bonds. The third kappa shape index (κ3) is 1.60. The standard InChI is InChI=1S/C8H7FOS/c1-11-8-6(5-10)3-2-4-7(8)9/h2-5H,1H3. The van der Waals surface area contributed by atoms with Crippen molar-refractivity contribution >= 4 is 18.0 Å². The number of benzene rings is 1. The van der Waals surface area contributed by atoms with Crippen LogP contribution in [0.15, 0.2) is 23.1 Å². The summed E-state index contributed by atoms with van der Waals surface area (Å²) in [6.07, 6.45) is 2.40. The second-order valence-corrected chi connectivity index (χ2v) is 2.80. The molecule has 0 aliphatic heterocycles. The van der Waals surface area contributed by atoms with Gasteiger partial charge in [-0.2, -0.15) is 0 Å². The van der Waals surface area contributed by atoms with Gasteiger partial charge in [0, 0.05) is 5.56 Å². The fourth-order valence-electron chi connectivity index (χ4n) is 0.834. The zero-order valence-corrected chi connectivity index (χ0v) is 6.82. The minimum absolute atomic E-state index is 0.331. The quantitative estimate of drug-likeness (QED) is 0.500. The summed E-state index contributed by atoms with van der Waals surface area (Å²) in [7, 11) is 0. The molecule has 1 aromatic carbocycles. The van der Waals surface area contributed by atoms with E-state index in [2.05, 4.69) is 0 Å². The van der Waals surface area contributed by atoms with E-state index in [4.69, 9.17) is 0 Å². The third-order valence-electron chi connectivity index (χ3n) is 1.33. The van der Waals surface area contributed by atoms with Crippen LogP contribution in [0.25, 0.3) is 0 Å².